The normalized spacial score (nSPS) is 10.8. The van der Waals surface area contributed by atoms with Gasteiger partial charge in [0.25, 0.3) is 0 Å². The summed E-state index contributed by atoms with van der Waals surface area (Å²) in [5.41, 5.74) is 0.403. The molecule has 0 heterocycles. The first-order valence-electron chi connectivity index (χ1n) is 5.44. The number of carboxylic acid groups (broad SMARTS) is 1. The molecule has 1 rings (SSSR count). The molecule has 5 heteroatoms. The van der Waals surface area contributed by atoms with Gasteiger partial charge in [-0.2, -0.15) is 0 Å². The SMILES string of the molecule is CCCN(CC(=O)O)Cc1cc(F)ccc1O. The molecule has 0 fully saturated rings. The predicted molar refractivity (Wildman–Crippen MR) is 61.3 cm³/mol. The average Bonchev–Trinajstić information content (AvgIpc) is 2.23. The van der Waals surface area contributed by atoms with E-state index in [9.17, 15) is 14.3 Å². The van der Waals surface area contributed by atoms with Crippen LogP contribution in [-0.4, -0.2) is 34.2 Å². The van der Waals surface area contributed by atoms with Gasteiger partial charge in [-0.3, -0.25) is 9.69 Å². The van der Waals surface area contributed by atoms with Crippen LogP contribution in [0.1, 0.15) is 18.9 Å². The number of aliphatic carboxylic acids is 1. The third-order valence-electron chi connectivity index (χ3n) is 2.33. The molecule has 1 aromatic rings. The van der Waals surface area contributed by atoms with Gasteiger partial charge in [-0.05, 0) is 31.2 Å². The molecular formula is C12H16FNO3. The van der Waals surface area contributed by atoms with Crippen molar-refractivity contribution in [2.45, 2.75) is 19.9 Å². The zero-order valence-electron chi connectivity index (χ0n) is 9.69. The molecule has 0 aliphatic carbocycles. The number of rotatable bonds is 6. The van der Waals surface area contributed by atoms with E-state index in [4.69, 9.17) is 5.11 Å². The minimum absolute atomic E-state index is 0.0158. The van der Waals surface area contributed by atoms with Crippen LogP contribution in [0.4, 0.5) is 4.39 Å². The molecule has 0 saturated heterocycles. The highest BCUT2D eigenvalue weighted by Gasteiger charge is 2.12. The van der Waals surface area contributed by atoms with Crippen molar-refractivity contribution in [1.82, 2.24) is 4.90 Å². The van der Waals surface area contributed by atoms with Crippen LogP contribution in [-0.2, 0) is 11.3 Å². The van der Waals surface area contributed by atoms with Gasteiger partial charge in [0.1, 0.15) is 11.6 Å². The highest BCUT2D eigenvalue weighted by Crippen LogP contribution is 2.19. The second kappa shape index (κ2) is 6.20. The van der Waals surface area contributed by atoms with E-state index in [1.165, 1.54) is 18.2 Å². The van der Waals surface area contributed by atoms with Crippen molar-refractivity contribution in [3.05, 3.63) is 29.6 Å². The van der Waals surface area contributed by atoms with Gasteiger partial charge in [0, 0.05) is 12.1 Å². The van der Waals surface area contributed by atoms with Crippen LogP contribution in [0.3, 0.4) is 0 Å². The molecule has 94 valence electrons. The maximum atomic E-state index is 13.0. The van der Waals surface area contributed by atoms with Gasteiger partial charge in [-0.15, -0.1) is 0 Å². The molecule has 0 aromatic heterocycles. The fourth-order valence-corrected chi connectivity index (χ4v) is 1.64. The maximum Gasteiger partial charge on any atom is 0.317 e. The molecule has 0 aliphatic heterocycles. The summed E-state index contributed by atoms with van der Waals surface area (Å²) in [6.45, 7) is 2.62. The predicted octanol–water partition coefficient (Wildman–Crippen LogP) is 1.83. The minimum Gasteiger partial charge on any atom is -0.508 e. The minimum atomic E-state index is -0.936. The zero-order valence-corrected chi connectivity index (χ0v) is 9.69. The summed E-state index contributed by atoms with van der Waals surface area (Å²) >= 11 is 0. The van der Waals surface area contributed by atoms with Gasteiger partial charge < -0.3 is 10.2 Å². The van der Waals surface area contributed by atoms with Gasteiger partial charge in [0.2, 0.25) is 0 Å². The second-order valence-corrected chi connectivity index (χ2v) is 3.88. The lowest BCUT2D eigenvalue weighted by molar-refractivity contribution is -0.138. The Morgan fingerprint density at radius 2 is 2.18 bits per heavy atom. The van der Waals surface area contributed by atoms with Crippen LogP contribution in [0.5, 0.6) is 5.75 Å². The van der Waals surface area contributed by atoms with E-state index >= 15 is 0 Å². The lowest BCUT2D eigenvalue weighted by Gasteiger charge is -2.19. The van der Waals surface area contributed by atoms with Crippen molar-refractivity contribution < 1.29 is 19.4 Å². The van der Waals surface area contributed by atoms with Gasteiger partial charge in [-0.1, -0.05) is 6.92 Å². The van der Waals surface area contributed by atoms with Crippen LogP contribution in [0.2, 0.25) is 0 Å². The van der Waals surface area contributed by atoms with Crippen molar-refractivity contribution in [3.8, 4) is 5.75 Å². The Morgan fingerprint density at radius 3 is 2.76 bits per heavy atom. The number of hydrogen-bond acceptors (Lipinski definition) is 3. The number of phenols is 1. The van der Waals surface area contributed by atoms with Crippen LogP contribution in [0, 0.1) is 5.82 Å². The van der Waals surface area contributed by atoms with E-state index in [-0.39, 0.29) is 18.8 Å². The summed E-state index contributed by atoms with van der Waals surface area (Å²) in [5, 5.41) is 18.3. The molecule has 2 N–H and O–H groups in total. The van der Waals surface area contributed by atoms with Gasteiger partial charge >= 0.3 is 5.97 Å². The van der Waals surface area contributed by atoms with Gasteiger partial charge in [-0.25, -0.2) is 4.39 Å². The van der Waals surface area contributed by atoms with E-state index in [0.29, 0.717) is 12.1 Å². The number of halogens is 1. The third kappa shape index (κ3) is 4.40. The Labute approximate surface area is 99.3 Å². The van der Waals surface area contributed by atoms with Crippen LogP contribution < -0.4 is 0 Å². The summed E-state index contributed by atoms with van der Waals surface area (Å²) in [6.07, 6.45) is 0.795. The van der Waals surface area contributed by atoms with Gasteiger partial charge in [0.15, 0.2) is 0 Å². The smallest absolute Gasteiger partial charge is 0.317 e. The van der Waals surface area contributed by atoms with Gasteiger partial charge in [0.05, 0.1) is 6.54 Å². The number of nitrogens with zero attached hydrogens (tertiary/aromatic N) is 1. The topological polar surface area (TPSA) is 60.8 Å². The number of aromatic hydroxyl groups is 1. The molecule has 0 bridgehead atoms. The van der Waals surface area contributed by atoms with Crippen LogP contribution in [0.25, 0.3) is 0 Å². The maximum absolute atomic E-state index is 13.0. The quantitative estimate of drug-likeness (QED) is 0.797. The first-order valence-corrected chi connectivity index (χ1v) is 5.44. The lowest BCUT2D eigenvalue weighted by atomic mass is 10.1. The second-order valence-electron chi connectivity index (χ2n) is 3.88. The number of carbonyl (C=O) groups is 1. The molecule has 4 nitrogen and oxygen atoms in total. The first-order chi connectivity index (χ1) is 8.02. The first kappa shape index (κ1) is 13.4. The summed E-state index contributed by atoms with van der Waals surface area (Å²) in [7, 11) is 0. The van der Waals surface area contributed by atoms with Crippen LogP contribution >= 0.6 is 0 Å². The zero-order chi connectivity index (χ0) is 12.8. The Hall–Kier alpha value is -1.62. The van der Waals surface area contributed by atoms with E-state index in [1.807, 2.05) is 6.92 Å². The number of hydrogen-bond donors (Lipinski definition) is 2. The molecule has 0 amide bonds. The fraction of sp³-hybridized carbons (Fsp3) is 0.417. The molecule has 0 saturated carbocycles. The monoisotopic (exact) mass is 241 g/mol. The summed E-state index contributed by atoms with van der Waals surface area (Å²) in [5.74, 6) is -1.39. The molecule has 0 atom stereocenters. The summed E-state index contributed by atoms with van der Waals surface area (Å²) < 4.78 is 13.0. The van der Waals surface area contributed by atoms with Crippen LogP contribution in [0.15, 0.2) is 18.2 Å². The number of carboxylic acids is 1. The molecule has 0 aliphatic rings. The average molecular weight is 241 g/mol. The Kier molecular flexibility index (Phi) is 4.90. The van der Waals surface area contributed by atoms with Crippen molar-refractivity contribution in [1.29, 1.82) is 0 Å². The lowest BCUT2D eigenvalue weighted by Crippen LogP contribution is -2.30. The highest BCUT2D eigenvalue weighted by molar-refractivity contribution is 5.69. The highest BCUT2D eigenvalue weighted by atomic mass is 19.1. The molecular weight excluding hydrogens is 225 g/mol. The van der Waals surface area contributed by atoms with E-state index in [2.05, 4.69) is 0 Å². The summed E-state index contributed by atoms with van der Waals surface area (Å²) in [6, 6.07) is 3.66. The van der Waals surface area contributed by atoms with E-state index in [0.717, 1.165) is 6.42 Å². The molecule has 17 heavy (non-hydrogen) atoms. The van der Waals surface area contributed by atoms with Crippen molar-refractivity contribution in [3.63, 3.8) is 0 Å². The largest absolute Gasteiger partial charge is 0.508 e. The molecule has 0 unspecified atom stereocenters. The third-order valence-corrected chi connectivity index (χ3v) is 2.33. The standard InChI is InChI=1S/C12H16FNO3/c1-2-5-14(8-12(16)17)7-9-6-10(13)3-4-11(9)15/h3-4,6,15H,2,5,7-8H2,1H3,(H,16,17). The Balaban J connectivity index is 2.77. The Morgan fingerprint density at radius 1 is 1.47 bits per heavy atom. The number of benzene rings is 1. The van der Waals surface area contributed by atoms with E-state index in [1.54, 1.807) is 4.90 Å². The van der Waals surface area contributed by atoms with Crippen molar-refractivity contribution >= 4 is 5.97 Å². The van der Waals surface area contributed by atoms with Crippen molar-refractivity contribution in [2.24, 2.45) is 0 Å². The fourth-order valence-electron chi connectivity index (χ4n) is 1.64. The number of phenolic OH excluding ortho intramolecular Hbond substituents is 1. The molecule has 0 radical (unpaired) electrons. The molecule has 0 spiro atoms. The Bertz CT molecular complexity index is 395. The summed E-state index contributed by atoms with van der Waals surface area (Å²) in [4.78, 5) is 12.3. The van der Waals surface area contributed by atoms with Crippen molar-refractivity contribution in [2.75, 3.05) is 13.1 Å². The van der Waals surface area contributed by atoms with E-state index < -0.39 is 11.8 Å². The molecule has 1 aromatic carbocycles.